The van der Waals surface area contributed by atoms with Crippen LogP contribution in [0.15, 0.2) is 22.9 Å². The van der Waals surface area contributed by atoms with Crippen LogP contribution in [0.1, 0.15) is 54.2 Å². The van der Waals surface area contributed by atoms with Crippen LogP contribution in [0.2, 0.25) is 0 Å². The van der Waals surface area contributed by atoms with E-state index in [1.54, 1.807) is 6.07 Å². The molecule has 0 aromatic carbocycles. The van der Waals surface area contributed by atoms with Crippen molar-refractivity contribution in [1.82, 2.24) is 15.2 Å². The molecule has 116 valence electrons. The Kier molecular flexibility index (Phi) is 4.46. The Morgan fingerprint density at radius 3 is 2.68 bits per heavy atom. The largest absolute Gasteiger partial charge is 0.466 e. The van der Waals surface area contributed by atoms with Gasteiger partial charge in [0, 0.05) is 6.42 Å². The van der Waals surface area contributed by atoms with E-state index in [9.17, 15) is 9.59 Å². The minimum absolute atomic E-state index is 0.0436. The van der Waals surface area contributed by atoms with Crippen LogP contribution in [0.3, 0.4) is 0 Å². The number of H-pyrrole nitrogens is 1. The van der Waals surface area contributed by atoms with Crippen LogP contribution in [0.5, 0.6) is 0 Å². The number of carbonyl (C=O) groups is 2. The highest BCUT2D eigenvalue weighted by atomic mass is 16.3. The fourth-order valence-electron chi connectivity index (χ4n) is 2.98. The van der Waals surface area contributed by atoms with E-state index in [0.717, 1.165) is 12.2 Å². The van der Waals surface area contributed by atoms with Crippen molar-refractivity contribution in [3.05, 3.63) is 35.8 Å². The normalized spacial score (nSPS) is 15.8. The van der Waals surface area contributed by atoms with Gasteiger partial charge in [-0.25, -0.2) is 4.98 Å². The van der Waals surface area contributed by atoms with Crippen molar-refractivity contribution in [1.29, 1.82) is 0 Å². The molecular weight excluding hydrogens is 282 g/mol. The summed E-state index contributed by atoms with van der Waals surface area (Å²) >= 11 is 0. The molecule has 0 aliphatic heterocycles. The van der Waals surface area contributed by atoms with Gasteiger partial charge in [-0.15, -0.1) is 5.10 Å². The van der Waals surface area contributed by atoms with Crippen LogP contribution in [-0.2, 0) is 17.6 Å². The Morgan fingerprint density at radius 1 is 1.18 bits per heavy atom. The molecule has 1 fully saturated rings. The summed E-state index contributed by atoms with van der Waals surface area (Å²) < 4.78 is 5.70. The number of carbonyl (C=O) groups excluding carboxylic acids is 2. The molecule has 1 saturated carbocycles. The van der Waals surface area contributed by atoms with E-state index in [0.29, 0.717) is 11.7 Å². The average Bonchev–Trinajstić information content (AvgIpc) is 3.19. The lowest BCUT2D eigenvalue weighted by Gasteiger charge is -2.20. The van der Waals surface area contributed by atoms with Gasteiger partial charge < -0.3 is 4.42 Å². The average molecular weight is 301 g/mol. The molecule has 2 aromatic heterocycles. The molecule has 0 unspecified atom stereocenters. The van der Waals surface area contributed by atoms with E-state index in [2.05, 4.69) is 15.2 Å². The highest BCUT2D eigenvalue weighted by Crippen LogP contribution is 2.27. The number of furan rings is 1. The van der Waals surface area contributed by atoms with E-state index >= 15 is 0 Å². The van der Waals surface area contributed by atoms with E-state index in [4.69, 9.17) is 4.42 Å². The van der Waals surface area contributed by atoms with E-state index in [-0.39, 0.29) is 12.2 Å². The summed E-state index contributed by atoms with van der Waals surface area (Å²) in [6, 6.07) is 3.69. The van der Waals surface area contributed by atoms with Gasteiger partial charge in [0.25, 0.3) is 5.78 Å². The van der Waals surface area contributed by atoms with Crippen molar-refractivity contribution in [2.45, 2.75) is 44.9 Å². The Morgan fingerprint density at radius 2 is 1.95 bits per heavy atom. The first-order valence-electron chi connectivity index (χ1n) is 7.73. The predicted octanol–water partition coefficient (Wildman–Crippen LogP) is 2.52. The van der Waals surface area contributed by atoms with Crippen molar-refractivity contribution in [2.24, 2.45) is 5.92 Å². The minimum atomic E-state index is -0.688. The molecule has 0 radical (unpaired) electrons. The quantitative estimate of drug-likeness (QED) is 0.654. The Bertz CT molecular complexity index is 639. The Labute approximate surface area is 128 Å². The number of rotatable bonds is 6. The van der Waals surface area contributed by atoms with Gasteiger partial charge in [-0.3, -0.25) is 14.7 Å². The summed E-state index contributed by atoms with van der Waals surface area (Å²) in [5, 5.41) is 6.05. The summed E-state index contributed by atoms with van der Waals surface area (Å²) in [5.41, 5.74) is 0. The molecule has 1 aliphatic carbocycles. The molecule has 1 N–H and O–H groups in total. The maximum Gasteiger partial charge on any atom is 0.268 e. The van der Waals surface area contributed by atoms with Crippen LogP contribution in [0.4, 0.5) is 0 Å². The third-order valence-corrected chi connectivity index (χ3v) is 4.14. The molecule has 1 aliphatic rings. The molecule has 0 amide bonds. The number of aromatic nitrogens is 3. The molecule has 6 nitrogen and oxygen atoms in total. The third kappa shape index (κ3) is 3.50. The topological polar surface area (TPSA) is 88.9 Å². The van der Waals surface area contributed by atoms with Crippen molar-refractivity contribution in [3.8, 4) is 0 Å². The molecule has 2 aromatic rings. The molecule has 22 heavy (non-hydrogen) atoms. The van der Waals surface area contributed by atoms with Crippen LogP contribution >= 0.6 is 0 Å². The van der Waals surface area contributed by atoms with Gasteiger partial charge in [0.1, 0.15) is 17.8 Å². The third-order valence-electron chi connectivity index (χ3n) is 4.14. The highest BCUT2D eigenvalue weighted by molar-refractivity contribution is 6.42. The highest BCUT2D eigenvalue weighted by Gasteiger charge is 2.22. The monoisotopic (exact) mass is 301 g/mol. The smallest absolute Gasteiger partial charge is 0.268 e. The zero-order valence-electron chi connectivity index (χ0n) is 12.4. The second kappa shape index (κ2) is 6.68. The van der Waals surface area contributed by atoms with Crippen LogP contribution < -0.4 is 0 Å². The zero-order valence-corrected chi connectivity index (χ0v) is 12.4. The maximum atomic E-state index is 11.9. The second-order valence-corrected chi connectivity index (χ2v) is 5.83. The lowest BCUT2D eigenvalue weighted by molar-refractivity contribution is -0.114. The molecule has 0 bridgehead atoms. The van der Waals surface area contributed by atoms with E-state index in [1.165, 1.54) is 38.4 Å². The molecule has 2 heterocycles. The number of hydrogen-bond acceptors (Lipinski definition) is 5. The summed E-state index contributed by atoms with van der Waals surface area (Å²) in [5.74, 6) is 0.765. The zero-order chi connectivity index (χ0) is 15.4. The number of nitrogens with zero attached hydrogens (tertiary/aromatic N) is 2. The van der Waals surface area contributed by atoms with Gasteiger partial charge in [0.2, 0.25) is 11.6 Å². The number of hydrogen-bond donors (Lipinski definition) is 1. The van der Waals surface area contributed by atoms with Crippen LogP contribution in [0, 0.1) is 5.92 Å². The van der Waals surface area contributed by atoms with Gasteiger partial charge in [-0.2, -0.15) is 0 Å². The molecular formula is C16H19N3O3. The molecule has 3 rings (SSSR count). The summed E-state index contributed by atoms with van der Waals surface area (Å²) in [6.45, 7) is 0. The van der Waals surface area contributed by atoms with Crippen LogP contribution in [0.25, 0.3) is 0 Å². The lowest BCUT2D eigenvalue weighted by Crippen LogP contribution is -2.17. The standard InChI is InChI=1S/C16H19N3O3/c20-14(15(21)16-17-10-18-19-16)9-13-7-6-12(22-13)8-11-4-2-1-3-5-11/h6-7,10-11H,1-5,8-9H2,(H,17,18,19). The van der Waals surface area contributed by atoms with Crippen molar-refractivity contribution in [3.63, 3.8) is 0 Å². The lowest BCUT2D eigenvalue weighted by atomic mass is 9.86. The van der Waals surface area contributed by atoms with E-state index in [1.807, 2.05) is 6.07 Å². The first-order chi connectivity index (χ1) is 10.7. The van der Waals surface area contributed by atoms with Crippen molar-refractivity contribution >= 4 is 11.6 Å². The second-order valence-electron chi connectivity index (χ2n) is 5.83. The minimum Gasteiger partial charge on any atom is -0.466 e. The van der Waals surface area contributed by atoms with Gasteiger partial charge >= 0.3 is 0 Å². The first-order valence-corrected chi connectivity index (χ1v) is 7.73. The number of Topliss-reactive ketones (excluding diaryl/α,β-unsaturated/α-hetero) is 2. The Balaban J connectivity index is 1.57. The van der Waals surface area contributed by atoms with Crippen molar-refractivity contribution in [2.75, 3.05) is 0 Å². The van der Waals surface area contributed by atoms with Crippen LogP contribution in [-0.4, -0.2) is 26.7 Å². The van der Waals surface area contributed by atoms with Crippen molar-refractivity contribution < 1.29 is 14.0 Å². The maximum absolute atomic E-state index is 11.9. The summed E-state index contributed by atoms with van der Waals surface area (Å²) in [4.78, 5) is 27.4. The fraction of sp³-hybridized carbons (Fsp3) is 0.500. The fourth-order valence-corrected chi connectivity index (χ4v) is 2.98. The van der Waals surface area contributed by atoms with Gasteiger partial charge in [-0.05, 0) is 18.1 Å². The number of aromatic amines is 1. The SMILES string of the molecule is O=C(Cc1ccc(CC2CCCCC2)o1)C(=O)c1nc[nH]n1. The predicted molar refractivity (Wildman–Crippen MR) is 78.4 cm³/mol. The molecule has 6 heteroatoms. The molecule has 0 atom stereocenters. The Hall–Kier alpha value is -2.24. The molecule has 0 spiro atoms. The number of nitrogens with one attached hydrogen (secondary N) is 1. The first kappa shape index (κ1) is 14.7. The molecule has 0 saturated heterocycles. The summed E-state index contributed by atoms with van der Waals surface area (Å²) in [6.07, 6.45) is 8.56. The van der Waals surface area contributed by atoms with Gasteiger partial charge in [-0.1, -0.05) is 32.1 Å². The van der Waals surface area contributed by atoms with Gasteiger partial charge in [0.05, 0.1) is 6.42 Å². The van der Waals surface area contributed by atoms with E-state index < -0.39 is 11.6 Å². The van der Waals surface area contributed by atoms with Gasteiger partial charge in [0.15, 0.2) is 0 Å². The summed E-state index contributed by atoms with van der Waals surface area (Å²) in [7, 11) is 0. The number of ketones is 2.